The number of benzene rings is 2. The van der Waals surface area contributed by atoms with Crippen LogP contribution in [0, 0.1) is 5.82 Å². The highest BCUT2D eigenvalue weighted by atomic mass is 32.1. The van der Waals surface area contributed by atoms with Gasteiger partial charge in [-0.25, -0.2) is 13.8 Å². The highest BCUT2D eigenvalue weighted by molar-refractivity contribution is 7.21. The van der Waals surface area contributed by atoms with E-state index < -0.39 is 17.4 Å². The molecule has 0 saturated carbocycles. The molecular formula is C18H15F2N3OS. The Morgan fingerprint density at radius 2 is 2.12 bits per heavy atom. The van der Waals surface area contributed by atoms with E-state index in [1.54, 1.807) is 12.1 Å². The second-order valence-corrected chi connectivity index (χ2v) is 7.06. The van der Waals surface area contributed by atoms with E-state index in [9.17, 15) is 13.6 Å². The Balaban J connectivity index is 1.59. The van der Waals surface area contributed by atoms with Gasteiger partial charge in [-0.05, 0) is 36.9 Å². The van der Waals surface area contributed by atoms with Crippen LogP contribution in [0.4, 0.5) is 14.5 Å². The predicted molar refractivity (Wildman–Crippen MR) is 95.0 cm³/mol. The van der Waals surface area contributed by atoms with Crippen molar-refractivity contribution in [2.75, 3.05) is 18.4 Å². The molecule has 0 radical (unpaired) electrons. The number of fused-ring (bicyclic) bond motifs is 1. The van der Waals surface area contributed by atoms with E-state index in [-0.39, 0.29) is 18.7 Å². The van der Waals surface area contributed by atoms with Gasteiger partial charge in [0.05, 0.1) is 10.2 Å². The fourth-order valence-electron chi connectivity index (χ4n) is 2.85. The number of thiazole rings is 1. The van der Waals surface area contributed by atoms with E-state index in [0.717, 1.165) is 10.2 Å². The summed E-state index contributed by atoms with van der Waals surface area (Å²) in [5.74, 6) is -1.25. The monoisotopic (exact) mass is 359 g/mol. The summed E-state index contributed by atoms with van der Waals surface area (Å²) in [5, 5.41) is 5.85. The lowest BCUT2D eigenvalue weighted by Crippen LogP contribution is -2.40. The lowest BCUT2D eigenvalue weighted by Gasteiger charge is -2.17. The molecule has 1 aliphatic rings. The summed E-state index contributed by atoms with van der Waals surface area (Å²) < 4.78 is 29.8. The molecule has 3 aromatic rings. The van der Waals surface area contributed by atoms with Gasteiger partial charge in [-0.1, -0.05) is 12.1 Å². The second-order valence-electron chi connectivity index (χ2n) is 6.03. The number of hydrogen-bond acceptors (Lipinski definition) is 4. The first-order valence-corrected chi connectivity index (χ1v) is 8.73. The fraction of sp³-hybridized carbons (Fsp3) is 0.222. The summed E-state index contributed by atoms with van der Waals surface area (Å²) in [6, 6.07) is 11.9. The van der Waals surface area contributed by atoms with E-state index in [2.05, 4.69) is 15.6 Å². The molecule has 1 fully saturated rings. The van der Waals surface area contributed by atoms with Crippen LogP contribution < -0.4 is 10.6 Å². The van der Waals surface area contributed by atoms with Gasteiger partial charge in [0.25, 0.3) is 5.91 Å². The van der Waals surface area contributed by atoms with Gasteiger partial charge in [0.1, 0.15) is 10.8 Å². The van der Waals surface area contributed by atoms with Gasteiger partial charge < -0.3 is 10.6 Å². The third-order valence-electron chi connectivity index (χ3n) is 4.26. The number of carbonyl (C=O) groups is 1. The average molecular weight is 359 g/mol. The smallest absolute Gasteiger partial charge is 0.263 e. The number of nitrogens with zero attached hydrogens (tertiary/aromatic N) is 1. The summed E-state index contributed by atoms with van der Waals surface area (Å²) >= 11 is 1.40. The molecule has 2 heterocycles. The lowest BCUT2D eigenvalue weighted by molar-refractivity contribution is -0.126. The van der Waals surface area contributed by atoms with Gasteiger partial charge in [-0.15, -0.1) is 11.3 Å². The molecule has 0 spiro atoms. The number of nitrogens with one attached hydrogen (secondary N) is 2. The van der Waals surface area contributed by atoms with Crippen LogP contribution in [0.25, 0.3) is 20.8 Å². The Bertz CT molecular complexity index is 917. The van der Waals surface area contributed by atoms with Crippen LogP contribution in [-0.2, 0) is 4.79 Å². The SMILES string of the molecule is O=C(Nc1ccc(-c2nc3ccccc3s2)c(F)c1)C1(F)CCNC1. The van der Waals surface area contributed by atoms with Gasteiger partial charge in [-0.2, -0.15) is 0 Å². The van der Waals surface area contributed by atoms with E-state index in [1.807, 2.05) is 24.3 Å². The molecule has 1 aromatic heterocycles. The molecule has 4 rings (SSSR count). The summed E-state index contributed by atoms with van der Waals surface area (Å²) in [6.07, 6.45) is 0.116. The minimum absolute atomic E-state index is 0.0227. The third-order valence-corrected chi connectivity index (χ3v) is 5.33. The topological polar surface area (TPSA) is 54.0 Å². The number of para-hydroxylation sites is 1. The number of halogens is 2. The van der Waals surface area contributed by atoms with Crippen molar-refractivity contribution in [1.29, 1.82) is 0 Å². The van der Waals surface area contributed by atoms with Gasteiger partial charge in [0.2, 0.25) is 5.67 Å². The molecule has 7 heteroatoms. The van der Waals surface area contributed by atoms with Crippen LogP contribution >= 0.6 is 11.3 Å². The number of anilines is 1. The highest BCUT2D eigenvalue weighted by Crippen LogP contribution is 2.33. The molecule has 1 unspecified atom stereocenters. The maximum Gasteiger partial charge on any atom is 0.263 e. The lowest BCUT2D eigenvalue weighted by atomic mass is 10.0. The maximum absolute atomic E-state index is 14.5. The first-order chi connectivity index (χ1) is 12.0. The van der Waals surface area contributed by atoms with Crippen LogP contribution in [0.1, 0.15) is 6.42 Å². The zero-order valence-corrected chi connectivity index (χ0v) is 14.0. The Hall–Kier alpha value is -2.38. The normalized spacial score (nSPS) is 20.1. The second kappa shape index (κ2) is 6.16. The zero-order chi connectivity index (χ0) is 17.4. The van der Waals surface area contributed by atoms with Crippen LogP contribution in [0.5, 0.6) is 0 Å². The maximum atomic E-state index is 14.5. The van der Waals surface area contributed by atoms with Gasteiger partial charge in [-0.3, -0.25) is 4.79 Å². The van der Waals surface area contributed by atoms with E-state index in [4.69, 9.17) is 0 Å². The van der Waals surface area contributed by atoms with Gasteiger partial charge >= 0.3 is 0 Å². The first kappa shape index (κ1) is 16.1. The molecule has 25 heavy (non-hydrogen) atoms. The van der Waals surface area contributed by atoms with Crippen molar-refractivity contribution >= 4 is 33.1 Å². The van der Waals surface area contributed by atoms with E-state index in [0.29, 0.717) is 17.1 Å². The van der Waals surface area contributed by atoms with E-state index in [1.165, 1.54) is 17.4 Å². The Morgan fingerprint density at radius 3 is 2.84 bits per heavy atom. The van der Waals surface area contributed by atoms with Crippen LogP contribution in [0.2, 0.25) is 0 Å². The molecule has 2 N–H and O–H groups in total. The summed E-state index contributed by atoms with van der Waals surface area (Å²) in [6.45, 7) is 0.430. The Labute approximate surface area is 146 Å². The molecule has 1 aliphatic heterocycles. The molecular weight excluding hydrogens is 344 g/mol. The van der Waals surface area contributed by atoms with Crippen molar-refractivity contribution in [1.82, 2.24) is 10.3 Å². The predicted octanol–water partition coefficient (Wildman–Crippen LogP) is 3.74. The Kier molecular flexibility index (Phi) is 3.97. The van der Waals surface area contributed by atoms with Gasteiger partial charge in [0, 0.05) is 24.2 Å². The number of aromatic nitrogens is 1. The molecule has 1 atom stereocenters. The summed E-state index contributed by atoms with van der Waals surface area (Å²) in [4.78, 5) is 16.5. The number of rotatable bonds is 3. The summed E-state index contributed by atoms with van der Waals surface area (Å²) in [7, 11) is 0. The first-order valence-electron chi connectivity index (χ1n) is 7.92. The quantitative estimate of drug-likeness (QED) is 0.749. The van der Waals surface area contributed by atoms with Crippen LogP contribution in [0.15, 0.2) is 42.5 Å². The molecule has 1 amide bonds. The van der Waals surface area contributed by atoms with Crippen LogP contribution in [0.3, 0.4) is 0 Å². The van der Waals surface area contributed by atoms with Crippen LogP contribution in [-0.4, -0.2) is 29.6 Å². The number of amides is 1. The highest BCUT2D eigenvalue weighted by Gasteiger charge is 2.41. The molecule has 0 aliphatic carbocycles. The van der Waals surface area contributed by atoms with E-state index >= 15 is 0 Å². The molecule has 2 aromatic carbocycles. The Morgan fingerprint density at radius 1 is 1.28 bits per heavy atom. The summed E-state index contributed by atoms with van der Waals surface area (Å²) in [5.41, 5.74) is -0.539. The number of hydrogen-bond donors (Lipinski definition) is 2. The fourth-order valence-corrected chi connectivity index (χ4v) is 3.84. The number of carbonyl (C=O) groups excluding carboxylic acids is 1. The zero-order valence-electron chi connectivity index (χ0n) is 13.2. The molecule has 4 nitrogen and oxygen atoms in total. The van der Waals surface area contributed by atoms with Gasteiger partial charge in [0.15, 0.2) is 0 Å². The number of alkyl halides is 1. The van der Waals surface area contributed by atoms with Crippen molar-refractivity contribution in [2.24, 2.45) is 0 Å². The minimum Gasteiger partial charge on any atom is -0.323 e. The third kappa shape index (κ3) is 3.01. The largest absolute Gasteiger partial charge is 0.323 e. The van der Waals surface area contributed by atoms with Crippen molar-refractivity contribution in [3.05, 3.63) is 48.3 Å². The van der Waals surface area contributed by atoms with Crippen molar-refractivity contribution < 1.29 is 13.6 Å². The van der Waals surface area contributed by atoms with Crippen molar-refractivity contribution in [3.8, 4) is 10.6 Å². The molecule has 0 bridgehead atoms. The average Bonchev–Trinajstić information content (AvgIpc) is 3.22. The van der Waals surface area contributed by atoms with Crippen molar-refractivity contribution in [3.63, 3.8) is 0 Å². The molecule has 1 saturated heterocycles. The minimum atomic E-state index is -1.94. The standard InChI is InChI=1S/C18H15F2N3OS/c19-13-9-11(22-17(24)18(20)7-8-21-10-18)5-6-12(13)16-23-14-3-1-2-4-15(14)25-16/h1-6,9,21H,7-8,10H2,(H,22,24). The molecule has 128 valence electrons. The van der Waals surface area contributed by atoms with Crippen molar-refractivity contribution in [2.45, 2.75) is 12.1 Å².